The normalized spacial score (nSPS) is 21.5. The molecule has 3 heterocycles. The second kappa shape index (κ2) is 12.0. The highest BCUT2D eigenvalue weighted by atomic mass is 35.5. The summed E-state index contributed by atoms with van der Waals surface area (Å²) < 4.78 is 5.57. The molecule has 2 aliphatic heterocycles. The van der Waals surface area contributed by atoms with Crippen LogP contribution in [0.4, 0.5) is 0 Å². The van der Waals surface area contributed by atoms with Crippen molar-refractivity contribution in [1.82, 2.24) is 25.8 Å². The van der Waals surface area contributed by atoms with Gasteiger partial charge in [-0.1, -0.05) is 23.7 Å². The van der Waals surface area contributed by atoms with Crippen molar-refractivity contribution in [2.75, 3.05) is 32.7 Å². The van der Waals surface area contributed by atoms with Crippen LogP contribution in [-0.4, -0.2) is 78.5 Å². The van der Waals surface area contributed by atoms with E-state index in [0.717, 1.165) is 30.8 Å². The number of hydrogen-bond donors (Lipinski definition) is 3. The Morgan fingerprint density at radius 2 is 2.03 bits per heavy atom. The lowest BCUT2D eigenvalue weighted by molar-refractivity contribution is -0.136. The fraction of sp³-hybridized carbons (Fsp3) is 0.538. The van der Waals surface area contributed by atoms with Crippen LogP contribution in [0, 0.1) is 0 Å². The Labute approximate surface area is 212 Å². The minimum atomic E-state index is -0.635. The van der Waals surface area contributed by atoms with E-state index in [1.165, 1.54) is 0 Å². The topological polar surface area (TPSA) is 89.9 Å². The fourth-order valence-electron chi connectivity index (χ4n) is 4.92. The average molecular weight is 502 g/mol. The number of hydrogen-bond acceptors (Lipinski definition) is 6. The van der Waals surface area contributed by atoms with E-state index < -0.39 is 6.04 Å². The van der Waals surface area contributed by atoms with Gasteiger partial charge in [-0.3, -0.25) is 14.5 Å². The van der Waals surface area contributed by atoms with Gasteiger partial charge in [0.2, 0.25) is 11.8 Å². The predicted octanol–water partition coefficient (Wildman–Crippen LogP) is 2.03. The lowest BCUT2D eigenvalue weighted by Crippen LogP contribution is -2.59. The molecular weight excluding hydrogens is 466 g/mol. The second-order valence-electron chi connectivity index (χ2n) is 9.67. The molecular formula is C26H36ClN5O3. The van der Waals surface area contributed by atoms with Crippen LogP contribution in [0.2, 0.25) is 5.02 Å². The number of furan rings is 1. The van der Waals surface area contributed by atoms with Gasteiger partial charge in [0.05, 0.1) is 18.8 Å². The molecule has 1 aromatic heterocycles. The van der Waals surface area contributed by atoms with Crippen LogP contribution in [0.25, 0.3) is 0 Å². The Kier molecular flexibility index (Phi) is 8.83. The molecule has 0 saturated carbocycles. The van der Waals surface area contributed by atoms with Gasteiger partial charge >= 0.3 is 0 Å². The van der Waals surface area contributed by atoms with Gasteiger partial charge in [-0.15, -0.1) is 0 Å². The average Bonchev–Trinajstić information content (AvgIpc) is 3.56. The number of piperazine rings is 1. The van der Waals surface area contributed by atoms with Crippen LogP contribution in [0.3, 0.4) is 0 Å². The SMILES string of the molecule is CC(C)N(Cc1ccco1)C1CCN(C(=O)C(Cc2ccc(Cl)cc2)NC(=O)C2CNCCN2)C1. The third kappa shape index (κ3) is 6.85. The number of amides is 2. The summed E-state index contributed by atoms with van der Waals surface area (Å²) in [4.78, 5) is 31.0. The van der Waals surface area contributed by atoms with Crippen LogP contribution < -0.4 is 16.0 Å². The van der Waals surface area contributed by atoms with E-state index in [0.29, 0.717) is 43.7 Å². The monoisotopic (exact) mass is 501 g/mol. The first kappa shape index (κ1) is 25.7. The smallest absolute Gasteiger partial charge is 0.245 e. The van der Waals surface area contributed by atoms with Crippen LogP contribution >= 0.6 is 11.6 Å². The largest absolute Gasteiger partial charge is 0.468 e. The Hall–Kier alpha value is -2.39. The van der Waals surface area contributed by atoms with Gasteiger partial charge in [0, 0.05) is 56.3 Å². The predicted molar refractivity (Wildman–Crippen MR) is 136 cm³/mol. The molecule has 8 nitrogen and oxygen atoms in total. The fourth-order valence-corrected chi connectivity index (χ4v) is 5.04. The lowest BCUT2D eigenvalue weighted by atomic mass is 10.0. The highest BCUT2D eigenvalue weighted by Crippen LogP contribution is 2.22. The van der Waals surface area contributed by atoms with Gasteiger partial charge in [0.15, 0.2) is 0 Å². The van der Waals surface area contributed by atoms with Gasteiger partial charge in [-0.2, -0.15) is 0 Å². The highest BCUT2D eigenvalue weighted by Gasteiger charge is 2.36. The van der Waals surface area contributed by atoms with E-state index in [4.69, 9.17) is 16.0 Å². The van der Waals surface area contributed by atoms with Crippen molar-refractivity contribution in [1.29, 1.82) is 0 Å². The summed E-state index contributed by atoms with van der Waals surface area (Å²) in [6, 6.07) is 10.9. The lowest BCUT2D eigenvalue weighted by Gasteiger charge is -2.32. The van der Waals surface area contributed by atoms with Crippen molar-refractivity contribution in [3.8, 4) is 0 Å². The Bertz CT molecular complexity index is 960. The summed E-state index contributed by atoms with van der Waals surface area (Å²) in [5, 5.41) is 10.1. The molecule has 1 aromatic carbocycles. The molecule has 2 fully saturated rings. The molecule has 0 spiro atoms. The standard InChI is InChI=1S/C26H36ClN5O3/c1-18(2)32(17-22-4-3-13-35-22)21-9-12-31(16-21)26(34)23(14-19-5-7-20(27)8-6-19)30-25(33)24-15-28-10-11-29-24/h3-8,13,18,21,23-24,28-29H,9-12,14-17H2,1-2H3,(H,30,33). The maximum Gasteiger partial charge on any atom is 0.245 e. The van der Waals surface area contributed by atoms with E-state index in [9.17, 15) is 9.59 Å². The zero-order chi connectivity index (χ0) is 24.8. The van der Waals surface area contributed by atoms with Crippen LogP contribution in [0.5, 0.6) is 0 Å². The van der Waals surface area contributed by atoms with Gasteiger partial charge in [-0.05, 0) is 50.1 Å². The molecule has 3 unspecified atom stereocenters. The van der Waals surface area contributed by atoms with E-state index in [-0.39, 0.29) is 23.9 Å². The first-order valence-electron chi connectivity index (χ1n) is 12.5. The number of carbonyl (C=O) groups is 2. The van der Waals surface area contributed by atoms with Gasteiger partial charge in [0.25, 0.3) is 0 Å². The zero-order valence-corrected chi connectivity index (χ0v) is 21.3. The number of nitrogens with one attached hydrogen (secondary N) is 3. The van der Waals surface area contributed by atoms with Crippen molar-refractivity contribution in [2.24, 2.45) is 0 Å². The summed E-state index contributed by atoms with van der Waals surface area (Å²) in [6.45, 7) is 8.45. The van der Waals surface area contributed by atoms with Crippen molar-refractivity contribution < 1.29 is 14.0 Å². The third-order valence-corrected chi connectivity index (χ3v) is 7.10. The molecule has 2 amide bonds. The molecule has 190 valence electrons. The maximum atomic E-state index is 13.7. The van der Waals surface area contributed by atoms with E-state index in [1.807, 2.05) is 41.3 Å². The minimum absolute atomic E-state index is 0.0405. The molecule has 3 N–H and O–H groups in total. The number of rotatable bonds is 9. The highest BCUT2D eigenvalue weighted by molar-refractivity contribution is 6.30. The maximum absolute atomic E-state index is 13.7. The number of halogens is 1. The minimum Gasteiger partial charge on any atom is -0.468 e. The second-order valence-corrected chi connectivity index (χ2v) is 10.1. The number of likely N-dealkylation sites (tertiary alicyclic amines) is 1. The van der Waals surface area contributed by atoms with Crippen molar-refractivity contribution >= 4 is 23.4 Å². The Morgan fingerprint density at radius 3 is 2.69 bits per heavy atom. The quantitative estimate of drug-likeness (QED) is 0.487. The molecule has 35 heavy (non-hydrogen) atoms. The van der Waals surface area contributed by atoms with Crippen LogP contribution in [0.1, 0.15) is 31.6 Å². The molecule has 0 aliphatic carbocycles. The summed E-state index contributed by atoms with van der Waals surface area (Å²) in [5.41, 5.74) is 0.958. The molecule has 4 rings (SSSR count). The summed E-state index contributed by atoms with van der Waals surface area (Å²) in [5.74, 6) is 0.730. The van der Waals surface area contributed by atoms with Crippen molar-refractivity contribution in [2.45, 2.75) is 57.4 Å². The number of nitrogens with zero attached hydrogens (tertiary/aromatic N) is 2. The molecule has 0 bridgehead atoms. The molecule has 9 heteroatoms. The summed E-state index contributed by atoms with van der Waals surface area (Å²) >= 11 is 6.05. The molecule has 3 atom stereocenters. The van der Waals surface area contributed by atoms with Gasteiger partial charge in [0.1, 0.15) is 11.8 Å². The third-order valence-electron chi connectivity index (χ3n) is 6.85. The van der Waals surface area contributed by atoms with E-state index in [1.54, 1.807) is 6.26 Å². The molecule has 2 saturated heterocycles. The number of benzene rings is 1. The Balaban J connectivity index is 1.45. The van der Waals surface area contributed by atoms with E-state index >= 15 is 0 Å². The van der Waals surface area contributed by atoms with Crippen molar-refractivity contribution in [3.05, 3.63) is 59.0 Å². The molecule has 2 aliphatic rings. The number of carbonyl (C=O) groups excluding carboxylic acids is 2. The van der Waals surface area contributed by atoms with Gasteiger partial charge < -0.3 is 25.3 Å². The van der Waals surface area contributed by atoms with Crippen LogP contribution in [-0.2, 0) is 22.6 Å². The van der Waals surface area contributed by atoms with Crippen LogP contribution in [0.15, 0.2) is 47.1 Å². The molecule has 0 radical (unpaired) electrons. The zero-order valence-electron chi connectivity index (χ0n) is 20.5. The van der Waals surface area contributed by atoms with Crippen molar-refractivity contribution in [3.63, 3.8) is 0 Å². The molecule has 2 aromatic rings. The first-order valence-corrected chi connectivity index (χ1v) is 12.8. The summed E-state index contributed by atoms with van der Waals surface area (Å²) in [6.07, 6.45) is 3.00. The Morgan fingerprint density at radius 1 is 1.23 bits per heavy atom. The summed E-state index contributed by atoms with van der Waals surface area (Å²) in [7, 11) is 0. The first-order chi connectivity index (χ1) is 16.9. The van der Waals surface area contributed by atoms with Gasteiger partial charge in [-0.25, -0.2) is 0 Å². The van der Waals surface area contributed by atoms with E-state index in [2.05, 4.69) is 34.7 Å².